The number of rotatable bonds is 2. The van der Waals surface area contributed by atoms with Gasteiger partial charge in [0.15, 0.2) is 5.82 Å². The highest BCUT2D eigenvalue weighted by atomic mass is 35.5. The van der Waals surface area contributed by atoms with Gasteiger partial charge in [-0.15, -0.1) is 11.6 Å². The van der Waals surface area contributed by atoms with Gasteiger partial charge in [0.25, 0.3) is 0 Å². The molecule has 2 aromatic heterocycles. The van der Waals surface area contributed by atoms with Crippen LogP contribution in [0.2, 0.25) is 0 Å². The predicted molar refractivity (Wildman–Crippen MR) is 54.8 cm³/mol. The van der Waals surface area contributed by atoms with E-state index in [2.05, 4.69) is 15.0 Å². The number of halogens is 1. The summed E-state index contributed by atoms with van der Waals surface area (Å²) in [6.45, 7) is 0. The van der Waals surface area contributed by atoms with Crippen molar-refractivity contribution < 1.29 is 0 Å². The van der Waals surface area contributed by atoms with Gasteiger partial charge in [0.1, 0.15) is 0 Å². The average Bonchev–Trinajstić information content (AvgIpc) is 2.30. The van der Waals surface area contributed by atoms with Crippen molar-refractivity contribution in [3.63, 3.8) is 0 Å². The fraction of sp³-hybridized carbons (Fsp3) is 0.100. The van der Waals surface area contributed by atoms with Crippen molar-refractivity contribution in [1.82, 2.24) is 15.0 Å². The summed E-state index contributed by atoms with van der Waals surface area (Å²) in [4.78, 5) is 12.4. The second-order valence-electron chi connectivity index (χ2n) is 2.75. The summed E-state index contributed by atoms with van der Waals surface area (Å²) in [7, 11) is 0. The summed E-state index contributed by atoms with van der Waals surface area (Å²) in [6, 6.07) is 5.57. The molecule has 0 saturated heterocycles. The van der Waals surface area contributed by atoms with Gasteiger partial charge in [-0.2, -0.15) is 0 Å². The number of pyridine rings is 1. The number of hydrogen-bond acceptors (Lipinski definition) is 3. The third-order valence-corrected chi connectivity index (χ3v) is 2.04. The molecule has 0 spiro atoms. The minimum absolute atomic E-state index is 0.399. The maximum absolute atomic E-state index is 5.68. The summed E-state index contributed by atoms with van der Waals surface area (Å²) in [6.07, 6.45) is 5.15. The van der Waals surface area contributed by atoms with Crippen molar-refractivity contribution in [3.8, 4) is 11.4 Å². The van der Waals surface area contributed by atoms with E-state index in [1.807, 2.05) is 12.1 Å². The zero-order valence-corrected chi connectivity index (χ0v) is 8.15. The molecule has 0 unspecified atom stereocenters. The predicted octanol–water partition coefficient (Wildman–Crippen LogP) is 2.28. The maximum Gasteiger partial charge on any atom is 0.160 e. The molecule has 0 aliphatic heterocycles. The van der Waals surface area contributed by atoms with E-state index < -0.39 is 0 Å². The van der Waals surface area contributed by atoms with Crippen molar-refractivity contribution in [2.24, 2.45) is 0 Å². The largest absolute Gasteiger partial charge is 0.264 e. The Bertz CT molecular complexity index is 417. The van der Waals surface area contributed by atoms with Crippen LogP contribution in [-0.2, 0) is 5.88 Å². The van der Waals surface area contributed by atoms with Crippen LogP contribution in [0.25, 0.3) is 11.4 Å². The van der Waals surface area contributed by atoms with Crippen molar-refractivity contribution in [1.29, 1.82) is 0 Å². The van der Waals surface area contributed by atoms with Gasteiger partial charge in [-0.05, 0) is 18.2 Å². The lowest BCUT2D eigenvalue weighted by Crippen LogP contribution is -1.92. The second kappa shape index (κ2) is 4.15. The number of alkyl halides is 1. The second-order valence-corrected chi connectivity index (χ2v) is 3.01. The van der Waals surface area contributed by atoms with E-state index in [1.165, 1.54) is 0 Å². The molecule has 4 heteroatoms. The highest BCUT2D eigenvalue weighted by Gasteiger charge is 2.00. The standard InChI is InChI=1S/C10H8ClN3/c11-6-9-3-5-13-10(14-9)8-2-1-4-12-7-8/h1-5,7H,6H2. The average molecular weight is 206 g/mol. The van der Waals surface area contributed by atoms with E-state index in [4.69, 9.17) is 11.6 Å². The smallest absolute Gasteiger partial charge is 0.160 e. The van der Waals surface area contributed by atoms with Gasteiger partial charge in [-0.25, -0.2) is 9.97 Å². The van der Waals surface area contributed by atoms with Crippen LogP contribution in [0.3, 0.4) is 0 Å². The summed E-state index contributed by atoms with van der Waals surface area (Å²) in [5, 5.41) is 0. The molecule has 0 radical (unpaired) electrons. The molecule has 0 aliphatic carbocycles. The molecule has 70 valence electrons. The van der Waals surface area contributed by atoms with Gasteiger partial charge in [0, 0.05) is 24.2 Å². The van der Waals surface area contributed by atoms with E-state index in [1.54, 1.807) is 24.7 Å². The van der Waals surface area contributed by atoms with E-state index in [-0.39, 0.29) is 0 Å². The van der Waals surface area contributed by atoms with Crippen LogP contribution in [0.5, 0.6) is 0 Å². The molecule has 0 amide bonds. The Labute approximate surface area is 86.8 Å². The summed E-state index contributed by atoms with van der Waals surface area (Å²) in [5.41, 5.74) is 1.72. The Morgan fingerprint density at radius 2 is 2.14 bits per heavy atom. The minimum Gasteiger partial charge on any atom is -0.264 e. The monoisotopic (exact) mass is 205 g/mol. The Morgan fingerprint density at radius 3 is 2.86 bits per heavy atom. The first-order chi connectivity index (χ1) is 6.90. The van der Waals surface area contributed by atoms with E-state index >= 15 is 0 Å². The number of nitrogens with zero attached hydrogens (tertiary/aromatic N) is 3. The highest BCUT2D eigenvalue weighted by molar-refractivity contribution is 6.16. The molecule has 0 aliphatic rings. The van der Waals surface area contributed by atoms with Crippen molar-refractivity contribution in [3.05, 3.63) is 42.5 Å². The Hall–Kier alpha value is -1.48. The van der Waals surface area contributed by atoms with Gasteiger partial charge in [0.2, 0.25) is 0 Å². The molecular weight excluding hydrogens is 198 g/mol. The lowest BCUT2D eigenvalue weighted by molar-refractivity contribution is 1.09. The van der Waals surface area contributed by atoms with Crippen LogP contribution in [0.15, 0.2) is 36.8 Å². The maximum atomic E-state index is 5.68. The molecule has 0 bridgehead atoms. The van der Waals surface area contributed by atoms with Gasteiger partial charge < -0.3 is 0 Å². The molecule has 0 aromatic carbocycles. The molecule has 2 aromatic rings. The Balaban J connectivity index is 2.42. The van der Waals surface area contributed by atoms with Crippen LogP contribution in [0, 0.1) is 0 Å². The normalized spacial score (nSPS) is 10.1. The first-order valence-corrected chi connectivity index (χ1v) is 4.72. The Kier molecular flexibility index (Phi) is 2.70. The quantitative estimate of drug-likeness (QED) is 0.706. The van der Waals surface area contributed by atoms with Crippen LogP contribution >= 0.6 is 11.6 Å². The van der Waals surface area contributed by atoms with Crippen molar-refractivity contribution in [2.75, 3.05) is 0 Å². The summed E-state index contributed by atoms with van der Waals surface area (Å²) >= 11 is 5.68. The number of aromatic nitrogens is 3. The fourth-order valence-corrected chi connectivity index (χ4v) is 1.25. The van der Waals surface area contributed by atoms with Gasteiger partial charge in [-0.3, -0.25) is 4.98 Å². The first-order valence-electron chi connectivity index (χ1n) is 4.18. The highest BCUT2D eigenvalue weighted by Crippen LogP contribution is 2.12. The van der Waals surface area contributed by atoms with E-state index in [0.717, 1.165) is 11.3 Å². The molecule has 2 heterocycles. The van der Waals surface area contributed by atoms with Crippen molar-refractivity contribution >= 4 is 11.6 Å². The molecule has 3 nitrogen and oxygen atoms in total. The van der Waals surface area contributed by atoms with Gasteiger partial charge in [0.05, 0.1) is 11.6 Å². The van der Waals surface area contributed by atoms with Crippen LogP contribution in [-0.4, -0.2) is 15.0 Å². The van der Waals surface area contributed by atoms with Crippen LogP contribution < -0.4 is 0 Å². The third kappa shape index (κ3) is 1.88. The third-order valence-electron chi connectivity index (χ3n) is 1.77. The lowest BCUT2D eigenvalue weighted by atomic mass is 10.2. The van der Waals surface area contributed by atoms with Crippen LogP contribution in [0.4, 0.5) is 0 Å². The molecule has 0 fully saturated rings. The minimum atomic E-state index is 0.399. The lowest BCUT2D eigenvalue weighted by Gasteiger charge is -1.99. The van der Waals surface area contributed by atoms with Gasteiger partial charge >= 0.3 is 0 Å². The molecule has 14 heavy (non-hydrogen) atoms. The molecule has 0 atom stereocenters. The SMILES string of the molecule is ClCc1ccnc(-c2cccnc2)n1. The first kappa shape index (κ1) is 9.09. The molecule has 0 saturated carbocycles. The fourth-order valence-electron chi connectivity index (χ4n) is 1.10. The zero-order valence-electron chi connectivity index (χ0n) is 7.39. The number of hydrogen-bond donors (Lipinski definition) is 0. The zero-order chi connectivity index (χ0) is 9.80. The molecule has 2 rings (SSSR count). The molecular formula is C10H8ClN3. The van der Waals surface area contributed by atoms with E-state index in [9.17, 15) is 0 Å². The Morgan fingerprint density at radius 1 is 1.21 bits per heavy atom. The van der Waals surface area contributed by atoms with Crippen LogP contribution in [0.1, 0.15) is 5.69 Å². The summed E-state index contributed by atoms with van der Waals surface area (Å²) < 4.78 is 0. The molecule has 0 N–H and O–H groups in total. The van der Waals surface area contributed by atoms with E-state index in [0.29, 0.717) is 11.7 Å². The summed E-state index contributed by atoms with van der Waals surface area (Å²) in [5.74, 6) is 1.06. The van der Waals surface area contributed by atoms with Crippen molar-refractivity contribution in [2.45, 2.75) is 5.88 Å². The van der Waals surface area contributed by atoms with Gasteiger partial charge in [-0.1, -0.05) is 0 Å². The topological polar surface area (TPSA) is 38.7 Å².